The molecule has 0 radical (unpaired) electrons. The predicted molar refractivity (Wildman–Crippen MR) is 98.0 cm³/mol. The van der Waals surface area contributed by atoms with Crippen LogP contribution in [0.1, 0.15) is 5.82 Å². The Morgan fingerprint density at radius 3 is 2.63 bits per heavy atom. The van der Waals surface area contributed by atoms with Gasteiger partial charge in [-0.1, -0.05) is 11.2 Å². The smallest absolute Gasteiger partial charge is 0.268 e. The number of hydrogen-bond donors (Lipinski definition) is 0. The van der Waals surface area contributed by atoms with E-state index in [0.717, 1.165) is 4.88 Å². The van der Waals surface area contributed by atoms with Crippen molar-refractivity contribution in [3.8, 4) is 16.5 Å². The van der Waals surface area contributed by atoms with Gasteiger partial charge in [-0.3, -0.25) is 0 Å². The Kier molecular flexibility index (Phi) is 5.21. The Hall–Kier alpha value is -2.27. The summed E-state index contributed by atoms with van der Waals surface area (Å²) in [7, 11) is -3.51. The largest absolute Gasteiger partial charge is 0.485 e. The molecule has 0 unspecified atom stereocenters. The van der Waals surface area contributed by atoms with Crippen molar-refractivity contribution in [2.45, 2.75) is 11.5 Å². The summed E-state index contributed by atoms with van der Waals surface area (Å²) < 4.78 is 42.6. The number of thiophene rings is 1. The van der Waals surface area contributed by atoms with Crippen molar-refractivity contribution in [2.24, 2.45) is 0 Å². The predicted octanol–water partition coefficient (Wildman–Crippen LogP) is 2.40. The minimum absolute atomic E-state index is 0.129. The average molecular weight is 407 g/mol. The van der Waals surface area contributed by atoms with Crippen molar-refractivity contribution in [2.75, 3.05) is 26.3 Å². The first-order valence-electron chi connectivity index (χ1n) is 8.30. The lowest BCUT2D eigenvalue weighted by Crippen LogP contribution is -2.40. The van der Waals surface area contributed by atoms with Gasteiger partial charge in [-0.25, -0.2) is 8.42 Å². The quantitative estimate of drug-likeness (QED) is 0.619. The average Bonchev–Trinajstić information content (AvgIpc) is 3.39. The molecule has 10 heteroatoms. The summed E-state index contributed by atoms with van der Waals surface area (Å²) >= 11 is 1.51. The number of sulfonamides is 1. The zero-order chi connectivity index (χ0) is 18.7. The second-order valence-electron chi connectivity index (χ2n) is 5.77. The molecule has 1 aliphatic rings. The van der Waals surface area contributed by atoms with Gasteiger partial charge in [0.05, 0.1) is 23.0 Å². The normalized spacial score (nSPS) is 15.7. The first-order valence-corrected chi connectivity index (χ1v) is 10.6. The molecule has 3 aromatic rings. The molecule has 0 N–H and O–H groups in total. The van der Waals surface area contributed by atoms with Crippen LogP contribution in [0, 0.1) is 0 Å². The number of nitrogens with zero attached hydrogens (tertiary/aromatic N) is 3. The van der Waals surface area contributed by atoms with E-state index in [-0.39, 0.29) is 11.5 Å². The molecule has 142 valence electrons. The fraction of sp³-hybridized carbons (Fsp3) is 0.294. The van der Waals surface area contributed by atoms with Gasteiger partial charge in [0.2, 0.25) is 15.8 Å². The van der Waals surface area contributed by atoms with E-state index in [1.165, 1.54) is 27.8 Å². The third-order valence-corrected chi connectivity index (χ3v) is 6.77. The monoisotopic (exact) mass is 407 g/mol. The molecule has 0 amide bonds. The first-order chi connectivity index (χ1) is 13.1. The molecule has 1 saturated heterocycles. The van der Waals surface area contributed by atoms with Crippen LogP contribution in [0.15, 0.2) is 51.2 Å². The highest BCUT2D eigenvalue weighted by Crippen LogP contribution is 2.23. The fourth-order valence-electron chi connectivity index (χ4n) is 2.60. The molecule has 0 bridgehead atoms. The Morgan fingerprint density at radius 1 is 1.15 bits per heavy atom. The van der Waals surface area contributed by atoms with Gasteiger partial charge in [0.1, 0.15) is 5.75 Å². The first kappa shape index (κ1) is 18.1. The lowest BCUT2D eigenvalue weighted by molar-refractivity contribution is 0.0730. The van der Waals surface area contributed by atoms with Gasteiger partial charge in [-0.05, 0) is 35.7 Å². The molecular formula is C17H17N3O5S2. The van der Waals surface area contributed by atoms with Crippen LogP contribution in [0.3, 0.4) is 0 Å². The van der Waals surface area contributed by atoms with Crippen molar-refractivity contribution in [1.82, 2.24) is 14.4 Å². The fourth-order valence-corrected chi connectivity index (χ4v) is 4.66. The Labute approximate surface area is 160 Å². The summed E-state index contributed by atoms with van der Waals surface area (Å²) in [5.41, 5.74) is 0. The maximum absolute atomic E-state index is 12.6. The van der Waals surface area contributed by atoms with Gasteiger partial charge in [-0.2, -0.15) is 9.29 Å². The minimum Gasteiger partial charge on any atom is -0.485 e. The molecule has 27 heavy (non-hydrogen) atoms. The zero-order valence-electron chi connectivity index (χ0n) is 14.3. The van der Waals surface area contributed by atoms with E-state index in [2.05, 4.69) is 10.1 Å². The maximum atomic E-state index is 12.6. The summed E-state index contributed by atoms with van der Waals surface area (Å²) in [6.07, 6.45) is 0. The van der Waals surface area contributed by atoms with E-state index < -0.39 is 10.0 Å². The lowest BCUT2D eigenvalue weighted by Gasteiger charge is -2.26. The molecule has 1 aromatic carbocycles. The summed E-state index contributed by atoms with van der Waals surface area (Å²) in [5, 5.41) is 5.82. The van der Waals surface area contributed by atoms with Crippen LogP contribution >= 0.6 is 11.3 Å². The van der Waals surface area contributed by atoms with Crippen molar-refractivity contribution in [3.63, 3.8) is 0 Å². The topological polar surface area (TPSA) is 94.8 Å². The van der Waals surface area contributed by atoms with E-state index in [1.54, 1.807) is 12.1 Å². The summed E-state index contributed by atoms with van der Waals surface area (Å²) in [4.78, 5) is 5.41. The van der Waals surface area contributed by atoms with Crippen LogP contribution in [-0.4, -0.2) is 49.2 Å². The molecule has 4 rings (SSSR count). The molecule has 1 fully saturated rings. The van der Waals surface area contributed by atoms with Gasteiger partial charge in [0, 0.05) is 13.1 Å². The molecule has 3 heterocycles. The van der Waals surface area contributed by atoms with Crippen molar-refractivity contribution in [1.29, 1.82) is 0 Å². The number of morpholine rings is 1. The van der Waals surface area contributed by atoms with Crippen molar-refractivity contribution in [3.05, 3.63) is 47.6 Å². The highest BCUT2D eigenvalue weighted by molar-refractivity contribution is 7.89. The van der Waals surface area contributed by atoms with Crippen molar-refractivity contribution < 1.29 is 22.4 Å². The maximum Gasteiger partial charge on any atom is 0.268 e. The number of aromatic nitrogens is 2. The molecule has 0 spiro atoms. The molecule has 0 atom stereocenters. The number of rotatable bonds is 6. The number of ether oxygens (including phenoxy) is 2. The molecule has 2 aromatic heterocycles. The highest BCUT2D eigenvalue weighted by atomic mass is 32.2. The lowest BCUT2D eigenvalue weighted by atomic mass is 10.3. The van der Waals surface area contributed by atoms with Crippen LogP contribution in [0.2, 0.25) is 0 Å². The van der Waals surface area contributed by atoms with E-state index >= 15 is 0 Å². The molecule has 8 nitrogen and oxygen atoms in total. The van der Waals surface area contributed by atoms with Crippen molar-refractivity contribution >= 4 is 21.4 Å². The van der Waals surface area contributed by atoms with Gasteiger partial charge in [0.25, 0.3) is 5.89 Å². The zero-order valence-corrected chi connectivity index (χ0v) is 15.9. The molecule has 0 aliphatic carbocycles. The van der Waals surface area contributed by atoms with E-state index in [9.17, 15) is 8.42 Å². The van der Waals surface area contributed by atoms with Crippen LogP contribution in [-0.2, 0) is 21.4 Å². The summed E-state index contributed by atoms with van der Waals surface area (Å²) in [6.45, 7) is 1.69. The molecule has 1 aliphatic heterocycles. The molecular weight excluding hydrogens is 390 g/mol. The SMILES string of the molecule is O=S(=O)(c1ccc(OCc2noc(-c3cccs3)n2)cc1)N1CCOCC1. The van der Waals surface area contributed by atoms with Crippen LogP contribution < -0.4 is 4.74 Å². The van der Waals surface area contributed by atoms with Gasteiger partial charge in [0.15, 0.2) is 6.61 Å². The number of hydrogen-bond acceptors (Lipinski definition) is 8. The highest BCUT2D eigenvalue weighted by Gasteiger charge is 2.26. The third-order valence-electron chi connectivity index (χ3n) is 4.00. The second kappa shape index (κ2) is 7.77. The third kappa shape index (κ3) is 4.03. The molecule has 0 saturated carbocycles. The van der Waals surface area contributed by atoms with Gasteiger partial charge >= 0.3 is 0 Å². The van der Waals surface area contributed by atoms with E-state index in [4.69, 9.17) is 14.0 Å². The van der Waals surface area contributed by atoms with E-state index in [0.29, 0.717) is 43.8 Å². The van der Waals surface area contributed by atoms with Gasteiger partial charge < -0.3 is 14.0 Å². The van der Waals surface area contributed by atoms with Crippen LogP contribution in [0.25, 0.3) is 10.8 Å². The minimum atomic E-state index is -3.51. The summed E-state index contributed by atoms with van der Waals surface area (Å²) in [5.74, 6) is 1.40. The Balaban J connectivity index is 1.39. The Morgan fingerprint density at radius 2 is 1.93 bits per heavy atom. The standard InChI is InChI=1S/C17H17N3O5S2/c21-27(22,20-7-9-23-10-8-20)14-5-3-13(4-6-14)24-12-16-18-17(25-19-16)15-2-1-11-26-15/h1-6,11H,7-10,12H2. The summed E-state index contributed by atoms with van der Waals surface area (Å²) in [6, 6.07) is 10.1. The van der Waals surface area contributed by atoms with Crippen LogP contribution in [0.5, 0.6) is 5.75 Å². The van der Waals surface area contributed by atoms with E-state index in [1.807, 2.05) is 17.5 Å². The van der Waals surface area contributed by atoms with Crippen LogP contribution in [0.4, 0.5) is 0 Å². The Bertz CT molecular complexity index is 978. The second-order valence-corrected chi connectivity index (χ2v) is 8.66. The number of benzene rings is 1. The van der Waals surface area contributed by atoms with Gasteiger partial charge in [-0.15, -0.1) is 11.3 Å².